The van der Waals surface area contributed by atoms with Gasteiger partial charge in [-0.15, -0.1) is 10.2 Å². The van der Waals surface area contributed by atoms with Crippen LogP contribution in [0.5, 0.6) is 0 Å². The summed E-state index contributed by atoms with van der Waals surface area (Å²) in [5.74, 6) is 1.03. The number of amidine groups is 1. The van der Waals surface area contributed by atoms with Gasteiger partial charge < -0.3 is 9.80 Å². The van der Waals surface area contributed by atoms with Crippen LogP contribution < -0.4 is 0 Å². The summed E-state index contributed by atoms with van der Waals surface area (Å²) in [5, 5.41) is 12.5. The van der Waals surface area contributed by atoms with E-state index in [0.717, 1.165) is 32.7 Å². The molecule has 0 aliphatic carbocycles. The molecule has 0 radical (unpaired) electrons. The molecule has 31 heavy (non-hydrogen) atoms. The third-order valence-electron chi connectivity index (χ3n) is 5.19. The standard InChI is InChI=1S/C18H18F6N6S/c1-2-28-3-5-29(6-4-28)14-10-31-16-26-25-15(30(16)27-14)11-7-12(17(19,20)21)9-13(8-11)18(22,23)24/h7-9H,2-6,10H2,1H3. The normalized spacial score (nSPS) is 18.2. The smallest absolute Gasteiger partial charge is 0.355 e. The molecule has 2 aliphatic rings. The fourth-order valence-corrected chi connectivity index (χ4v) is 4.31. The molecule has 1 fully saturated rings. The summed E-state index contributed by atoms with van der Waals surface area (Å²) < 4.78 is 80.6. The number of benzene rings is 1. The van der Waals surface area contributed by atoms with Crippen LogP contribution in [0.2, 0.25) is 0 Å². The second-order valence-corrected chi connectivity index (χ2v) is 8.08. The second kappa shape index (κ2) is 8.01. The van der Waals surface area contributed by atoms with Gasteiger partial charge in [-0.1, -0.05) is 18.7 Å². The molecule has 0 bridgehead atoms. The van der Waals surface area contributed by atoms with Crippen molar-refractivity contribution in [1.82, 2.24) is 24.7 Å². The summed E-state index contributed by atoms with van der Waals surface area (Å²) >= 11 is 1.29. The number of halogens is 6. The first-order chi connectivity index (χ1) is 14.6. The highest BCUT2D eigenvalue weighted by molar-refractivity contribution is 7.99. The van der Waals surface area contributed by atoms with E-state index in [1.165, 1.54) is 16.4 Å². The lowest BCUT2D eigenvalue weighted by Crippen LogP contribution is -2.49. The average Bonchev–Trinajstić information content (AvgIpc) is 3.15. The van der Waals surface area contributed by atoms with Crippen molar-refractivity contribution in [1.29, 1.82) is 0 Å². The van der Waals surface area contributed by atoms with Crippen molar-refractivity contribution >= 4 is 17.6 Å². The predicted octanol–water partition coefficient (Wildman–Crippen LogP) is 3.89. The van der Waals surface area contributed by atoms with Gasteiger partial charge in [0.25, 0.3) is 0 Å². The molecule has 168 valence electrons. The van der Waals surface area contributed by atoms with Gasteiger partial charge in [0, 0.05) is 31.7 Å². The molecule has 3 heterocycles. The maximum Gasteiger partial charge on any atom is 0.416 e. The minimum absolute atomic E-state index is 0.0909. The zero-order valence-corrected chi connectivity index (χ0v) is 17.2. The van der Waals surface area contributed by atoms with Crippen LogP contribution in [0.1, 0.15) is 18.1 Å². The zero-order chi connectivity index (χ0) is 22.4. The topological polar surface area (TPSA) is 49.5 Å². The van der Waals surface area contributed by atoms with E-state index in [1.54, 1.807) is 0 Å². The van der Waals surface area contributed by atoms with Crippen LogP contribution in [0.3, 0.4) is 0 Å². The number of aromatic nitrogens is 3. The van der Waals surface area contributed by atoms with E-state index in [9.17, 15) is 26.3 Å². The molecule has 1 aromatic carbocycles. The minimum atomic E-state index is -4.94. The number of nitrogens with zero attached hydrogens (tertiary/aromatic N) is 6. The lowest BCUT2D eigenvalue weighted by atomic mass is 10.0. The highest BCUT2D eigenvalue weighted by Gasteiger charge is 2.38. The summed E-state index contributed by atoms with van der Waals surface area (Å²) in [7, 11) is 0. The van der Waals surface area contributed by atoms with E-state index < -0.39 is 23.5 Å². The molecule has 0 saturated carbocycles. The SMILES string of the molecule is CCN1CCN(C2=Nn3c(nnc3-c3cc(C(F)(F)F)cc(C(F)(F)F)c3)SC2)CC1. The summed E-state index contributed by atoms with van der Waals surface area (Å²) in [4.78, 5) is 4.35. The van der Waals surface area contributed by atoms with Crippen LogP contribution >= 0.6 is 11.8 Å². The van der Waals surface area contributed by atoms with Crippen molar-refractivity contribution in [3.63, 3.8) is 0 Å². The van der Waals surface area contributed by atoms with Gasteiger partial charge >= 0.3 is 12.4 Å². The molecule has 1 aromatic heterocycles. The Morgan fingerprint density at radius 3 is 2.06 bits per heavy atom. The Balaban J connectivity index is 1.73. The largest absolute Gasteiger partial charge is 0.416 e. The Morgan fingerprint density at radius 1 is 0.903 bits per heavy atom. The van der Waals surface area contributed by atoms with Gasteiger partial charge in [-0.2, -0.15) is 36.1 Å². The number of rotatable bonds is 2. The van der Waals surface area contributed by atoms with Crippen molar-refractivity contribution in [2.45, 2.75) is 24.4 Å². The Labute approximate surface area is 177 Å². The van der Waals surface area contributed by atoms with E-state index in [1.807, 2.05) is 0 Å². The maximum absolute atomic E-state index is 13.2. The first-order valence-corrected chi connectivity index (χ1v) is 10.5. The van der Waals surface area contributed by atoms with Crippen LogP contribution in [0.15, 0.2) is 28.5 Å². The van der Waals surface area contributed by atoms with E-state index in [4.69, 9.17) is 0 Å². The van der Waals surface area contributed by atoms with E-state index in [-0.39, 0.29) is 17.5 Å². The van der Waals surface area contributed by atoms with Crippen LogP contribution in [0.4, 0.5) is 26.3 Å². The number of alkyl halides is 6. The predicted molar refractivity (Wildman–Crippen MR) is 103 cm³/mol. The lowest BCUT2D eigenvalue weighted by molar-refractivity contribution is -0.143. The summed E-state index contributed by atoms with van der Waals surface area (Å²) in [6.45, 7) is 6.19. The highest BCUT2D eigenvalue weighted by Crippen LogP contribution is 2.39. The fourth-order valence-electron chi connectivity index (χ4n) is 3.46. The average molecular weight is 464 g/mol. The summed E-state index contributed by atoms with van der Waals surface area (Å²) in [6.07, 6.45) is -9.88. The second-order valence-electron chi connectivity index (χ2n) is 7.14. The van der Waals surface area contributed by atoms with E-state index >= 15 is 0 Å². The van der Waals surface area contributed by atoms with Crippen LogP contribution in [-0.4, -0.2) is 69.0 Å². The number of likely N-dealkylation sites (N-methyl/N-ethyl adjacent to an activating group) is 1. The molecular formula is C18H18F6N6S. The van der Waals surface area contributed by atoms with Crippen LogP contribution in [0, 0.1) is 0 Å². The number of hydrogen-bond donors (Lipinski definition) is 0. The lowest BCUT2D eigenvalue weighted by Gasteiger charge is -2.36. The van der Waals surface area contributed by atoms with Crippen molar-refractivity contribution in [3.8, 4) is 11.4 Å². The van der Waals surface area contributed by atoms with Crippen molar-refractivity contribution in [3.05, 3.63) is 29.3 Å². The Bertz CT molecular complexity index is 958. The first-order valence-electron chi connectivity index (χ1n) is 9.49. The molecule has 0 amide bonds. The minimum Gasteiger partial charge on any atom is -0.355 e. The molecule has 13 heteroatoms. The van der Waals surface area contributed by atoms with Gasteiger partial charge in [0.05, 0.1) is 16.9 Å². The zero-order valence-electron chi connectivity index (χ0n) is 16.3. The number of hydrogen-bond acceptors (Lipinski definition) is 6. The highest BCUT2D eigenvalue weighted by atomic mass is 32.2. The van der Waals surface area contributed by atoms with Gasteiger partial charge in [-0.05, 0) is 24.7 Å². The van der Waals surface area contributed by atoms with Gasteiger partial charge in [-0.25, -0.2) is 0 Å². The summed E-state index contributed by atoms with van der Waals surface area (Å²) in [5.41, 5.74) is -3.15. The molecule has 0 atom stereocenters. The van der Waals surface area contributed by atoms with Crippen LogP contribution in [-0.2, 0) is 12.4 Å². The molecule has 0 spiro atoms. The molecule has 2 aliphatic heterocycles. The quantitative estimate of drug-likeness (QED) is 0.632. The third kappa shape index (κ3) is 4.52. The number of piperazine rings is 1. The first kappa shape index (κ1) is 21.9. The molecule has 0 unspecified atom stereocenters. The summed E-state index contributed by atoms with van der Waals surface area (Å²) in [6, 6.07) is 1.37. The molecule has 6 nitrogen and oxygen atoms in total. The fraction of sp³-hybridized carbons (Fsp3) is 0.500. The molecule has 0 N–H and O–H groups in total. The number of thioether (sulfide) groups is 1. The Hall–Kier alpha value is -2.28. The number of fused-ring (bicyclic) bond motifs is 1. The maximum atomic E-state index is 13.2. The van der Waals surface area contributed by atoms with Gasteiger partial charge in [0.1, 0.15) is 5.84 Å². The molecule has 4 rings (SSSR count). The monoisotopic (exact) mass is 464 g/mol. The van der Waals surface area contributed by atoms with E-state index in [2.05, 4.69) is 32.0 Å². The van der Waals surface area contributed by atoms with E-state index in [0.29, 0.717) is 28.9 Å². The third-order valence-corrected chi connectivity index (χ3v) is 6.10. The van der Waals surface area contributed by atoms with Gasteiger partial charge in [0.15, 0.2) is 5.82 Å². The van der Waals surface area contributed by atoms with Gasteiger partial charge in [-0.3, -0.25) is 0 Å². The van der Waals surface area contributed by atoms with Crippen molar-refractivity contribution in [2.24, 2.45) is 5.10 Å². The van der Waals surface area contributed by atoms with Crippen molar-refractivity contribution < 1.29 is 26.3 Å². The Kier molecular flexibility index (Phi) is 5.66. The molecule has 2 aromatic rings. The molecular weight excluding hydrogens is 446 g/mol. The van der Waals surface area contributed by atoms with Crippen molar-refractivity contribution in [2.75, 3.05) is 38.5 Å². The van der Waals surface area contributed by atoms with Gasteiger partial charge in [0.2, 0.25) is 5.16 Å². The Morgan fingerprint density at radius 2 is 1.52 bits per heavy atom. The van der Waals surface area contributed by atoms with Crippen LogP contribution in [0.25, 0.3) is 11.4 Å². The molecule has 1 saturated heterocycles.